The fourth-order valence-corrected chi connectivity index (χ4v) is 17.2. The molecule has 0 saturated heterocycles. The minimum Gasteiger partial charge on any atom is -0.451 e. The van der Waals surface area contributed by atoms with Gasteiger partial charge in [-0.2, -0.15) is 0 Å². The molecule has 0 spiro atoms. The van der Waals surface area contributed by atoms with Crippen molar-refractivity contribution in [2.45, 2.75) is 107 Å². The van der Waals surface area contributed by atoms with Gasteiger partial charge in [0, 0.05) is 30.7 Å². The summed E-state index contributed by atoms with van der Waals surface area (Å²) in [6, 6.07) is 42.4. The molecule has 0 amide bonds. The van der Waals surface area contributed by atoms with Crippen LogP contribution in [-0.2, 0) is 32.5 Å². The van der Waals surface area contributed by atoms with Crippen molar-refractivity contribution in [2.75, 3.05) is 60.0 Å². The second-order valence-corrected chi connectivity index (χ2v) is 28.8. The Balaban J connectivity index is -0.00000105. The second-order valence-electron chi connectivity index (χ2n) is 19.9. The van der Waals surface area contributed by atoms with Gasteiger partial charge in [-0.15, -0.1) is 39.5 Å². The molecule has 0 N–H and O–H groups in total. The monoisotopic (exact) mass is 1060 g/mol. The molecule has 4 aromatic rings. The molecule has 4 aromatic carbocycles. The highest BCUT2D eigenvalue weighted by atomic mass is 35.5. The zero-order chi connectivity index (χ0) is 54.0. The van der Waals surface area contributed by atoms with Crippen LogP contribution in [-0.4, -0.2) is 88.2 Å². The van der Waals surface area contributed by atoms with Crippen LogP contribution < -0.4 is 20.7 Å². The number of methoxy groups -OCH3 is 1. The molecule has 0 aromatic heterocycles. The van der Waals surface area contributed by atoms with E-state index in [-0.39, 0.29) is 55.6 Å². The first-order valence-electron chi connectivity index (χ1n) is 24.0. The zero-order valence-corrected chi connectivity index (χ0v) is 47.8. The summed E-state index contributed by atoms with van der Waals surface area (Å²) in [7, 11) is -3.46. The Morgan fingerprint density at radius 1 is 0.479 bits per heavy atom. The van der Waals surface area contributed by atoms with Gasteiger partial charge in [0.05, 0.1) is 26.4 Å². The van der Waals surface area contributed by atoms with E-state index >= 15 is 0 Å². The molecular formula is C61H95ClO9Si2. The summed E-state index contributed by atoms with van der Waals surface area (Å²) in [4.78, 5) is 22.0. The van der Waals surface area contributed by atoms with E-state index in [1.54, 1.807) is 7.11 Å². The smallest absolute Gasteiger partial charge is 0.451 e. The van der Waals surface area contributed by atoms with Gasteiger partial charge in [-0.1, -0.05) is 218 Å². The quantitative estimate of drug-likeness (QED) is 0.0236. The lowest BCUT2D eigenvalue weighted by Crippen LogP contribution is -2.67. The van der Waals surface area contributed by atoms with Crippen LogP contribution in [0.25, 0.3) is 0 Å². The second kappa shape index (κ2) is 37.8. The highest BCUT2D eigenvalue weighted by Gasteiger charge is 2.51. The molecule has 408 valence electrons. The first-order chi connectivity index (χ1) is 33.6. The number of carbonyl (C=O) groups is 2. The summed E-state index contributed by atoms with van der Waals surface area (Å²) >= 11 is 4.88. The summed E-state index contributed by atoms with van der Waals surface area (Å²) < 4.78 is 38.3. The predicted molar refractivity (Wildman–Crippen MR) is 318 cm³/mol. The molecular weight excluding hydrogens is 968 g/mol. The average Bonchev–Trinajstić information content (AvgIpc) is 3.34. The van der Waals surface area contributed by atoms with E-state index in [1.165, 1.54) is 20.7 Å². The minimum atomic E-state index is -2.62. The summed E-state index contributed by atoms with van der Waals surface area (Å²) in [5.41, 5.74) is -0.888. The highest BCUT2D eigenvalue weighted by Crippen LogP contribution is 2.39. The molecule has 0 aliphatic carbocycles. The number of hydrogen-bond donors (Lipinski definition) is 0. The fraction of sp³-hybridized carbons (Fsp3) is 0.443. The van der Waals surface area contributed by atoms with E-state index in [0.29, 0.717) is 26.4 Å². The third-order valence-electron chi connectivity index (χ3n) is 11.0. The third-order valence-corrected chi connectivity index (χ3v) is 21.1. The van der Waals surface area contributed by atoms with Crippen molar-refractivity contribution < 1.29 is 42.1 Å². The molecule has 9 nitrogen and oxygen atoms in total. The van der Waals surface area contributed by atoms with Crippen LogP contribution in [0.4, 0.5) is 9.59 Å². The minimum absolute atomic E-state index is 0. The summed E-state index contributed by atoms with van der Waals surface area (Å²) in [5.74, 6) is 0. The summed E-state index contributed by atoms with van der Waals surface area (Å²) in [5, 5.41) is 4.97. The van der Waals surface area contributed by atoms with E-state index in [9.17, 15) is 9.59 Å². The first-order valence-corrected chi connectivity index (χ1v) is 28.2. The number of benzene rings is 4. The topological polar surface area (TPSA) is 98.8 Å². The van der Waals surface area contributed by atoms with Gasteiger partial charge in [0.2, 0.25) is 0 Å². The van der Waals surface area contributed by atoms with Crippen molar-refractivity contribution in [1.82, 2.24) is 0 Å². The van der Waals surface area contributed by atoms with Crippen LogP contribution in [0, 0.1) is 10.8 Å². The van der Waals surface area contributed by atoms with Crippen molar-refractivity contribution in [3.05, 3.63) is 173 Å². The summed E-state index contributed by atoms with van der Waals surface area (Å²) in [6.07, 6.45) is 4.87. The number of allylic oxidation sites excluding steroid dienone is 2. The molecule has 12 heteroatoms. The van der Waals surface area contributed by atoms with Crippen LogP contribution in [0.5, 0.6) is 0 Å². The molecule has 0 saturated carbocycles. The SMILES string of the molecule is C.C.C=C.C=C.C=CCC(C)(C)COC(=O)OCCO[Si](c1ccccc1)(c1ccccc1)C(C)(C)C.C=CCC(C)(C)CO[Si](c1ccccc1)(c1ccccc1)C(C)(C)C.COCCOCCOC(=O)Cl. The maximum absolute atomic E-state index is 12.0. The van der Waals surface area contributed by atoms with Crippen LogP contribution in [0.1, 0.15) is 96.9 Å². The standard InChI is InChI=1S/C26H36O4Si.C23H32OSi.C6H11ClO4.2C2H4.2CH4/c1-7-18-26(5,6)21-29-24(27)28-19-20-30-31(25(2,3)4,22-14-10-8-11-15-22)23-16-12-9-13-17-23;1-7-18-23(5,6)19-24-25(22(2,3)4,20-14-10-8-11-15-20)21-16-12-9-13-17-21;1-9-2-3-10-4-5-11-6(7)8;2*1-2;;/h7-17H,1,18-21H2,2-6H3;7-17H,1,18-19H2,2-6H3;2-5H2,1H3;2*1-2H2;2*1H4. The van der Waals surface area contributed by atoms with E-state index in [1.807, 2.05) is 62.4 Å². The van der Waals surface area contributed by atoms with Crippen molar-refractivity contribution in [3.8, 4) is 0 Å². The Bertz CT molecular complexity index is 1960. The van der Waals surface area contributed by atoms with Crippen molar-refractivity contribution in [2.24, 2.45) is 10.8 Å². The molecule has 0 atom stereocenters. The van der Waals surface area contributed by atoms with Gasteiger partial charge in [-0.25, -0.2) is 9.59 Å². The Hall–Kier alpha value is -4.86. The Labute approximate surface area is 451 Å². The van der Waals surface area contributed by atoms with Gasteiger partial charge in [0.25, 0.3) is 16.6 Å². The van der Waals surface area contributed by atoms with Crippen molar-refractivity contribution >= 4 is 60.6 Å². The van der Waals surface area contributed by atoms with Gasteiger partial charge in [0.1, 0.15) is 19.8 Å². The third kappa shape index (κ3) is 25.3. The van der Waals surface area contributed by atoms with E-state index in [0.717, 1.165) is 19.4 Å². The van der Waals surface area contributed by atoms with Crippen LogP contribution >= 0.6 is 11.6 Å². The van der Waals surface area contributed by atoms with Gasteiger partial charge in [0.15, 0.2) is 0 Å². The van der Waals surface area contributed by atoms with Gasteiger partial charge in [-0.05, 0) is 49.1 Å². The van der Waals surface area contributed by atoms with Crippen LogP contribution in [0.15, 0.2) is 173 Å². The average molecular weight is 1060 g/mol. The number of halogens is 1. The lowest BCUT2D eigenvalue weighted by atomic mass is 9.91. The lowest BCUT2D eigenvalue weighted by Gasteiger charge is -2.44. The van der Waals surface area contributed by atoms with Crippen molar-refractivity contribution in [3.63, 3.8) is 0 Å². The molecule has 4 rings (SSSR count). The first kappa shape index (κ1) is 72.4. The number of ether oxygens (including phenoxy) is 5. The number of hydrogen-bond acceptors (Lipinski definition) is 9. The Kier molecular flexibility index (Phi) is 37.5. The molecule has 0 radical (unpaired) electrons. The molecule has 0 bridgehead atoms. The van der Waals surface area contributed by atoms with Crippen molar-refractivity contribution in [1.29, 1.82) is 0 Å². The zero-order valence-electron chi connectivity index (χ0n) is 45.1. The molecule has 73 heavy (non-hydrogen) atoms. The number of carbonyl (C=O) groups excluding carboxylic acids is 2. The normalized spacial score (nSPS) is 11.2. The van der Waals surface area contributed by atoms with Gasteiger partial charge in [-0.3, -0.25) is 0 Å². The van der Waals surface area contributed by atoms with E-state index in [2.05, 4.69) is 185 Å². The van der Waals surface area contributed by atoms with E-state index < -0.39 is 28.2 Å². The Morgan fingerprint density at radius 2 is 0.808 bits per heavy atom. The summed E-state index contributed by atoms with van der Waals surface area (Å²) in [6.45, 7) is 44.9. The fourth-order valence-electron chi connectivity index (χ4n) is 7.77. The maximum atomic E-state index is 12.0. The van der Waals surface area contributed by atoms with Crippen LogP contribution in [0.2, 0.25) is 10.1 Å². The van der Waals surface area contributed by atoms with Crippen LogP contribution in [0.3, 0.4) is 0 Å². The predicted octanol–water partition coefficient (Wildman–Crippen LogP) is 14.4. The molecule has 0 aliphatic rings. The molecule has 0 aliphatic heterocycles. The van der Waals surface area contributed by atoms with Gasteiger partial charge >= 0.3 is 11.6 Å². The molecule has 0 unspecified atom stereocenters. The highest BCUT2D eigenvalue weighted by molar-refractivity contribution is 7.00. The van der Waals surface area contributed by atoms with E-state index in [4.69, 9.17) is 39.4 Å². The molecule has 0 heterocycles. The number of rotatable bonds is 23. The molecule has 0 fully saturated rings. The van der Waals surface area contributed by atoms with Gasteiger partial charge < -0.3 is 32.5 Å². The Morgan fingerprint density at radius 3 is 1.14 bits per heavy atom. The largest absolute Gasteiger partial charge is 0.508 e. The lowest BCUT2D eigenvalue weighted by molar-refractivity contribution is 0.0231. The maximum Gasteiger partial charge on any atom is 0.508 e.